The van der Waals surface area contributed by atoms with Crippen molar-refractivity contribution < 1.29 is 4.79 Å². The fourth-order valence-electron chi connectivity index (χ4n) is 1.77. The summed E-state index contributed by atoms with van der Waals surface area (Å²) in [5, 5.41) is 0.453. The maximum Gasteiger partial charge on any atom is 0.252 e. The third-order valence-electron chi connectivity index (χ3n) is 2.63. The number of hydrogen-bond donors (Lipinski definition) is 0. The van der Waals surface area contributed by atoms with Crippen LogP contribution in [0.1, 0.15) is 10.4 Å². The first-order chi connectivity index (χ1) is 8.74. The summed E-state index contributed by atoms with van der Waals surface area (Å²) in [4.78, 5) is 15.7. The van der Waals surface area contributed by atoms with Gasteiger partial charge in [0.1, 0.15) is 5.01 Å². The summed E-state index contributed by atoms with van der Waals surface area (Å²) in [7, 11) is 0. The summed E-state index contributed by atoms with van der Waals surface area (Å²) in [6.07, 6.45) is 0. The number of rotatable bonds is 2. The molecule has 3 aromatic rings. The first kappa shape index (κ1) is 11.4. The van der Waals surface area contributed by atoms with Crippen molar-refractivity contribution in [3.8, 4) is 10.6 Å². The summed E-state index contributed by atoms with van der Waals surface area (Å²) in [6.45, 7) is 0. The van der Waals surface area contributed by atoms with Gasteiger partial charge >= 0.3 is 0 Å². The van der Waals surface area contributed by atoms with E-state index >= 15 is 0 Å². The SMILES string of the molecule is O=C(Cl)c1cccc(-c2nc3ccccc3s2)c1. The molecule has 3 rings (SSSR count). The van der Waals surface area contributed by atoms with Gasteiger partial charge < -0.3 is 0 Å². The van der Waals surface area contributed by atoms with Gasteiger partial charge in [0.25, 0.3) is 5.24 Å². The Balaban J connectivity index is 2.13. The van der Waals surface area contributed by atoms with Gasteiger partial charge in [0, 0.05) is 11.1 Å². The van der Waals surface area contributed by atoms with Crippen molar-refractivity contribution in [2.45, 2.75) is 0 Å². The molecule has 0 amide bonds. The molecule has 0 aliphatic rings. The van der Waals surface area contributed by atoms with E-state index < -0.39 is 5.24 Å². The minimum Gasteiger partial charge on any atom is -0.276 e. The van der Waals surface area contributed by atoms with E-state index in [1.54, 1.807) is 23.5 Å². The maximum absolute atomic E-state index is 11.1. The van der Waals surface area contributed by atoms with Crippen LogP contribution < -0.4 is 0 Å². The van der Waals surface area contributed by atoms with E-state index in [2.05, 4.69) is 4.98 Å². The molecule has 0 spiro atoms. The van der Waals surface area contributed by atoms with E-state index in [0.29, 0.717) is 5.56 Å². The number of para-hydroxylation sites is 1. The summed E-state index contributed by atoms with van der Waals surface area (Å²) < 4.78 is 1.13. The van der Waals surface area contributed by atoms with Crippen LogP contribution in [-0.2, 0) is 0 Å². The van der Waals surface area contributed by atoms with Crippen molar-refractivity contribution in [1.82, 2.24) is 4.98 Å². The number of benzene rings is 2. The Bertz CT molecular complexity index is 702. The fraction of sp³-hybridized carbons (Fsp3) is 0. The van der Waals surface area contributed by atoms with Gasteiger partial charge in [-0.2, -0.15) is 0 Å². The lowest BCUT2D eigenvalue weighted by atomic mass is 10.1. The maximum atomic E-state index is 11.1. The molecular weight excluding hydrogens is 266 g/mol. The Morgan fingerprint density at radius 1 is 1.11 bits per heavy atom. The van der Waals surface area contributed by atoms with Crippen molar-refractivity contribution in [1.29, 1.82) is 0 Å². The van der Waals surface area contributed by atoms with E-state index in [1.807, 2.05) is 36.4 Å². The van der Waals surface area contributed by atoms with Crippen LogP contribution in [0.25, 0.3) is 20.8 Å². The first-order valence-corrected chi connectivity index (χ1v) is 6.59. The van der Waals surface area contributed by atoms with Crippen molar-refractivity contribution in [3.05, 3.63) is 54.1 Å². The van der Waals surface area contributed by atoms with Gasteiger partial charge in [0.2, 0.25) is 0 Å². The molecule has 0 aliphatic carbocycles. The average Bonchev–Trinajstić information content (AvgIpc) is 2.82. The molecule has 0 saturated heterocycles. The summed E-state index contributed by atoms with van der Waals surface area (Å²) in [5.74, 6) is 0. The number of fused-ring (bicyclic) bond motifs is 1. The Morgan fingerprint density at radius 2 is 1.94 bits per heavy atom. The molecule has 0 fully saturated rings. The third-order valence-corrected chi connectivity index (χ3v) is 3.93. The molecule has 18 heavy (non-hydrogen) atoms. The van der Waals surface area contributed by atoms with Crippen LogP contribution in [0.3, 0.4) is 0 Å². The highest BCUT2D eigenvalue weighted by molar-refractivity contribution is 7.21. The Kier molecular flexibility index (Phi) is 2.86. The number of carbonyl (C=O) groups excluding carboxylic acids is 1. The molecule has 1 heterocycles. The van der Waals surface area contributed by atoms with Crippen LogP contribution in [0.2, 0.25) is 0 Å². The molecule has 0 radical (unpaired) electrons. The van der Waals surface area contributed by atoms with Gasteiger partial charge in [-0.15, -0.1) is 11.3 Å². The van der Waals surface area contributed by atoms with Crippen molar-refractivity contribution in [2.75, 3.05) is 0 Å². The van der Waals surface area contributed by atoms with Gasteiger partial charge in [-0.05, 0) is 29.8 Å². The van der Waals surface area contributed by atoms with Crippen LogP contribution in [0, 0.1) is 0 Å². The van der Waals surface area contributed by atoms with E-state index in [-0.39, 0.29) is 0 Å². The first-order valence-electron chi connectivity index (χ1n) is 5.40. The minimum atomic E-state index is -0.446. The molecule has 0 aliphatic heterocycles. The second-order valence-electron chi connectivity index (χ2n) is 3.84. The highest BCUT2D eigenvalue weighted by Crippen LogP contribution is 2.30. The van der Waals surface area contributed by atoms with Crippen LogP contribution in [0.15, 0.2) is 48.5 Å². The molecular formula is C14H8ClNOS. The largest absolute Gasteiger partial charge is 0.276 e. The van der Waals surface area contributed by atoms with Crippen molar-refractivity contribution in [2.24, 2.45) is 0 Å². The quantitative estimate of drug-likeness (QED) is 0.650. The highest BCUT2D eigenvalue weighted by atomic mass is 35.5. The van der Waals surface area contributed by atoms with Gasteiger partial charge in [0.05, 0.1) is 10.2 Å². The molecule has 0 saturated carbocycles. The number of thiazole rings is 1. The second-order valence-corrected chi connectivity index (χ2v) is 5.22. The molecule has 2 nitrogen and oxygen atoms in total. The molecule has 0 N–H and O–H groups in total. The minimum absolute atomic E-state index is 0.446. The van der Waals surface area contributed by atoms with Gasteiger partial charge in [0.15, 0.2) is 0 Å². The van der Waals surface area contributed by atoms with Crippen LogP contribution in [-0.4, -0.2) is 10.2 Å². The zero-order chi connectivity index (χ0) is 12.5. The Hall–Kier alpha value is -1.71. The lowest BCUT2D eigenvalue weighted by Crippen LogP contribution is -1.88. The molecule has 4 heteroatoms. The van der Waals surface area contributed by atoms with E-state index in [9.17, 15) is 4.79 Å². The van der Waals surface area contributed by atoms with E-state index in [1.165, 1.54) is 0 Å². The molecule has 2 aromatic carbocycles. The molecule has 0 bridgehead atoms. The predicted molar refractivity (Wildman–Crippen MR) is 75.2 cm³/mol. The van der Waals surface area contributed by atoms with E-state index in [0.717, 1.165) is 20.8 Å². The number of halogens is 1. The van der Waals surface area contributed by atoms with Crippen LogP contribution in [0.4, 0.5) is 0 Å². The van der Waals surface area contributed by atoms with Crippen LogP contribution in [0.5, 0.6) is 0 Å². The predicted octanol–water partition coefficient (Wildman–Crippen LogP) is 4.34. The number of nitrogens with zero attached hydrogens (tertiary/aromatic N) is 1. The summed E-state index contributed by atoms with van der Waals surface area (Å²) >= 11 is 7.09. The average molecular weight is 274 g/mol. The zero-order valence-corrected chi connectivity index (χ0v) is 10.8. The standard InChI is InChI=1S/C14H8ClNOS/c15-13(17)9-4-3-5-10(8-9)14-16-11-6-1-2-7-12(11)18-14/h1-8H. The van der Waals surface area contributed by atoms with Crippen molar-refractivity contribution in [3.63, 3.8) is 0 Å². The lowest BCUT2D eigenvalue weighted by molar-refractivity contribution is 0.108. The number of aromatic nitrogens is 1. The number of hydrogen-bond acceptors (Lipinski definition) is 3. The molecule has 88 valence electrons. The van der Waals surface area contributed by atoms with Gasteiger partial charge in [-0.1, -0.05) is 30.3 Å². The van der Waals surface area contributed by atoms with E-state index in [4.69, 9.17) is 11.6 Å². The molecule has 0 unspecified atom stereocenters. The Morgan fingerprint density at radius 3 is 2.72 bits per heavy atom. The normalized spacial score (nSPS) is 10.7. The Labute approximate surface area is 113 Å². The van der Waals surface area contributed by atoms with Crippen LogP contribution >= 0.6 is 22.9 Å². The second kappa shape index (κ2) is 4.52. The fourth-order valence-corrected chi connectivity index (χ4v) is 2.85. The molecule has 1 aromatic heterocycles. The zero-order valence-electron chi connectivity index (χ0n) is 9.26. The summed E-state index contributed by atoms with van der Waals surface area (Å²) in [6, 6.07) is 15.2. The molecule has 0 atom stereocenters. The number of carbonyl (C=O) groups is 1. The van der Waals surface area contributed by atoms with Crippen molar-refractivity contribution >= 4 is 38.4 Å². The monoisotopic (exact) mass is 273 g/mol. The summed E-state index contributed by atoms with van der Waals surface area (Å²) in [5.41, 5.74) is 2.39. The smallest absolute Gasteiger partial charge is 0.252 e. The highest BCUT2D eigenvalue weighted by Gasteiger charge is 2.08. The van der Waals surface area contributed by atoms with Gasteiger partial charge in [-0.3, -0.25) is 4.79 Å². The van der Waals surface area contributed by atoms with Gasteiger partial charge in [-0.25, -0.2) is 4.98 Å². The third kappa shape index (κ3) is 2.03. The lowest BCUT2D eigenvalue weighted by Gasteiger charge is -1.97. The topological polar surface area (TPSA) is 30.0 Å².